The lowest BCUT2D eigenvalue weighted by molar-refractivity contribution is 0.101. The van der Waals surface area contributed by atoms with E-state index in [1.54, 1.807) is 42.5 Å². The summed E-state index contributed by atoms with van der Waals surface area (Å²) in [6.07, 6.45) is 0. The molecule has 7 nitrogen and oxygen atoms in total. The highest BCUT2D eigenvalue weighted by Gasteiger charge is 2.19. The lowest BCUT2D eigenvalue weighted by atomic mass is 10.1. The minimum atomic E-state index is -0.359. The van der Waals surface area contributed by atoms with Crippen LogP contribution in [-0.4, -0.2) is 32.1 Å². The lowest BCUT2D eigenvalue weighted by Crippen LogP contribution is -2.16. The molecule has 7 heteroatoms. The fourth-order valence-electron chi connectivity index (χ4n) is 3.84. The van der Waals surface area contributed by atoms with Crippen molar-refractivity contribution in [1.82, 2.24) is 0 Å². The van der Waals surface area contributed by atoms with Crippen LogP contribution in [0.1, 0.15) is 34.6 Å². The minimum Gasteiger partial charge on any atom is -0.496 e. The Kier molecular flexibility index (Phi) is 7.70. The number of carbonyl (C=O) groups is 2. The Morgan fingerprint density at radius 3 is 1.75 bits per heavy atom. The third-order valence-corrected chi connectivity index (χ3v) is 5.53. The molecule has 0 saturated carbocycles. The van der Waals surface area contributed by atoms with E-state index in [1.165, 1.54) is 7.11 Å². The van der Waals surface area contributed by atoms with E-state index in [0.29, 0.717) is 53.0 Å². The molecule has 0 bridgehead atoms. The molecule has 0 unspecified atom stereocenters. The van der Waals surface area contributed by atoms with Gasteiger partial charge in [-0.3, -0.25) is 9.59 Å². The van der Waals surface area contributed by atoms with E-state index in [2.05, 4.69) is 10.6 Å². The molecule has 36 heavy (non-hydrogen) atoms. The number of methoxy groups -OCH3 is 1. The highest BCUT2D eigenvalue weighted by molar-refractivity contribution is 6.10. The van der Waals surface area contributed by atoms with Crippen molar-refractivity contribution >= 4 is 34.0 Å². The van der Waals surface area contributed by atoms with Gasteiger partial charge < -0.3 is 24.8 Å². The van der Waals surface area contributed by atoms with Gasteiger partial charge in [0.15, 0.2) is 0 Å². The van der Waals surface area contributed by atoms with Crippen molar-refractivity contribution in [2.75, 3.05) is 31.0 Å². The second-order valence-electron chi connectivity index (χ2n) is 7.88. The second-order valence-corrected chi connectivity index (χ2v) is 7.88. The molecule has 4 aromatic rings. The van der Waals surface area contributed by atoms with Gasteiger partial charge in [0, 0.05) is 17.7 Å². The third-order valence-electron chi connectivity index (χ3n) is 5.53. The summed E-state index contributed by atoms with van der Waals surface area (Å²) < 4.78 is 17.1. The number of hydrogen-bond donors (Lipinski definition) is 2. The molecule has 0 saturated heterocycles. The monoisotopic (exact) mass is 484 g/mol. The first kappa shape index (κ1) is 24.6. The van der Waals surface area contributed by atoms with E-state index in [4.69, 9.17) is 14.2 Å². The van der Waals surface area contributed by atoms with Gasteiger partial charge in [-0.1, -0.05) is 42.5 Å². The number of nitrogens with one attached hydrogen (secondary N) is 2. The van der Waals surface area contributed by atoms with Gasteiger partial charge in [0.1, 0.15) is 17.2 Å². The SMILES string of the molecule is CCOc1cc(NC(=O)c2cc3ccccc3cc2OC)c(OCC)cc1NC(=O)c1ccccc1. The van der Waals surface area contributed by atoms with Crippen LogP contribution in [0.2, 0.25) is 0 Å². The first-order valence-electron chi connectivity index (χ1n) is 11.7. The maximum absolute atomic E-state index is 13.4. The average molecular weight is 485 g/mol. The van der Waals surface area contributed by atoms with Gasteiger partial charge in [-0.15, -0.1) is 0 Å². The fraction of sp³-hybridized carbons (Fsp3) is 0.172. The van der Waals surface area contributed by atoms with E-state index in [9.17, 15) is 9.59 Å². The molecular formula is C29H28N2O5. The molecule has 4 aromatic carbocycles. The number of rotatable bonds is 9. The molecule has 0 aliphatic carbocycles. The quantitative estimate of drug-likeness (QED) is 0.298. The maximum atomic E-state index is 13.4. The zero-order chi connectivity index (χ0) is 25.5. The molecule has 0 spiro atoms. The normalized spacial score (nSPS) is 10.5. The number of amides is 2. The fourth-order valence-corrected chi connectivity index (χ4v) is 3.84. The highest BCUT2D eigenvalue weighted by Crippen LogP contribution is 2.38. The summed E-state index contributed by atoms with van der Waals surface area (Å²) in [4.78, 5) is 26.1. The van der Waals surface area contributed by atoms with Crippen molar-refractivity contribution in [3.05, 3.63) is 90.0 Å². The molecule has 0 aliphatic heterocycles. The summed E-state index contributed by atoms with van der Waals surface area (Å²) in [6.45, 7) is 4.42. The topological polar surface area (TPSA) is 85.9 Å². The van der Waals surface area contributed by atoms with Crippen molar-refractivity contribution in [3.63, 3.8) is 0 Å². The van der Waals surface area contributed by atoms with Crippen LogP contribution in [0.25, 0.3) is 10.8 Å². The molecule has 0 heterocycles. The number of carbonyl (C=O) groups excluding carboxylic acids is 2. The predicted octanol–water partition coefficient (Wildman–Crippen LogP) is 6.15. The van der Waals surface area contributed by atoms with Gasteiger partial charge in [-0.25, -0.2) is 0 Å². The van der Waals surface area contributed by atoms with Gasteiger partial charge in [0.2, 0.25) is 0 Å². The molecule has 0 fully saturated rings. The number of benzene rings is 4. The number of anilines is 2. The Labute approximate surface area is 210 Å². The van der Waals surface area contributed by atoms with Gasteiger partial charge in [0.25, 0.3) is 11.8 Å². The van der Waals surface area contributed by atoms with Crippen LogP contribution in [0.5, 0.6) is 17.2 Å². The van der Waals surface area contributed by atoms with Gasteiger partial charge >= 0.3 is 0 Å². The van der Waals surface area contributed by atoms with E-state index in [-0.39, 0.29) is 11.8 Å². The summed E-state index contributed by atoms with van der Waals surface area (Å²) in [5.41, 5.74) is 1.76. The van der Waals surface area contributed by atoms with Gasteiger partial charge in [-0.2, -0.15) is 0 Å². The van der Waals surface area contributed by atoms with Crippen molar-refractivity contribution in [1.29, 1.82) is 0 Å². The number of ether oxygens (including phenoxy) is 3. The molecule has 0 radical (unpaired) electrons. The largest absolute Gasteiger partial charge is 0.496 e. The van der Waals surface area contributed by atoms with Crippen LogP contribution in [0, 0.1) is 0 Å². The maximum Gasteiger partial charge on any atom is 0.259 e. The summed E-state index contributed by atoms with van der Waals surface area (Å²) in [5.74, 6) is 0.628. The summed E-state index contributed by atoms with van der Waals surface area (Å²) in [5, 5.41) is 7.70. The molecule has 184 valence electrons. The van der Waals surface area contributed by atoms with Crippen molar-refractivity contribution < 1.29 is 23.8 Å². The summed E-state index contributed by atoms with van der Waals surface area (Å²) in [6, 6.07) is 23.6. The van der Waals surface area contributed by atoms with E-state index >= 15 is 0 Å². The predicted molar refractivity (Wildman–Crippen MR) is 142 cm³/mol. The summed E-state index contributed by atoms with van der Waals surface area (Å²) >= 11 is 0. The van der Waals surface area contributed by atoms with Crippen molar-refractivity contribution in [2.24, 2.45) is 0 Å². The summed E-state index contributed by atoms with van der Waals surface area (Å²) in [7, 11) is 1.53. The first-order valence-corrected chi connectivity index (χ1v) is 11.7. The zero-order valence-electron chi connectivity index (χ0n) is 20.5. The molecule has 2 amide bonds. The van der Waals surface area contributed by atoms with E-state index in [1.807, 2.05) is 50.2 Å². The van der Waals surface area contributed by atoms with E-state index in [0.717, 1.165) is 10.8 Å². The Morgan fingerprint density at radius 2 is 1.19 bits per heavy atom. The van der Waals surface area contributed by atoms with Crippen LogP contribution >= 0.6 is 0 Å². The van der Waals surface area contributed by atoms with Crippen LogP contribution in [0.4, 0.5) is 11.4 Å². The highest BCUT2D eigenvalue weighted by atomic mass is 16.5. The standard InChI is InChI=1S/C29H28N2O5/c1-4-35-26-18-24(27(36-5-2)17-23(26)30-28(32)19-11-7-6-8-12-19)31-29(33)22-15-20-13-9-10-14-21(20)16-25(22)34-3/h6-18H,4-5H2,1-3H3,(H,30,32)(H,31,33). The minimum absolute atomic E-state index is 0.281. The Morgan fingerprint density at radius 1 is 0.667 bits per heavy atom. The van der Waals surface area contributed by atoms with Crippen LogP contribution in [0.3, 0.4) is 0 Å². The molecule has 0 aromatic heterocycles. The van der Waals surface area contributed by atoms with Gasteiger partial charge in [0.05, 0.1) is 37.3 Å². The molecular weight excluding hydrogens is 456 g/mol. The van der Waals surface area contributed by atoms with E-state index < -0.39 is 0 Å². The number of fused-ring (bicyclic) bond motifs is 1. The Balaban J connectivity index is 1.69. The first-order chi connectivity index (χ1) is 17.5. The molecule has 4 rings (SSSR count). The zero-order valence-corrected chi connectivity index (χ0v) is 20.5. The average Bonchev–Trinajstić information content (AvgIpc) is 2.90. The lowest BCUT2D eigenvalue weighted by Gasteiger charge is -2.18. The third kappa shape index (κ3) is 5.41. The molecule has 2 N–H and O–H groups in total. The number of hydrogen-bond acceptors (Lipinski definition) is 5. The second kappa shape index (κ2) is 11.3. The molecule has 0 atom stereocenters. The Hall–Kier alpha value is -4.52. The van der Waals surface area contributed by atoms with Crippen LogP contribution in [-0.2, 0) is 0 Å². The van der Waals surface area contributed by atoms with Crippen LogP contribution in [0.15, 0.2) is 78.9 Å². The van der Waals surface area contributed by atoms with Crippen molar-refractivity contribution in [3.8, 4) is 17.2 Å². The Bertz CT molecular complexity index is 1390. The smallest absolute Gasteiger partial charge is 0.259 e. The van der Waals surface area contributed by atoms with Gasteiger partial charge in [-0.05, 0) is 48.9 Å². The van der Waals surface area contributed by atoms with Crippen LogP contribution < -0.4 is 24.8 Å². The molecule has 0 aliphatic rings. The van der Waals surface area contributed by atoms with Crippen molar-refractivity contribution in [2.45, 2.75) is 13.8 Å².